The molecule has 0 aliphatic heterocycles. The Hall–Kier alpha value is -3.62. The van der Waals surface area contributed by atoms with E-state index >= 15 is 0 Å². The normalized spacial score (nSPS) is 11.0. The van der Waals surface area contributed by atoms with Crippen LogP contribution in [0.3, 0.4) is 0 Å². The van der Waals surface area contributed by atoms with E-state index in [1.165, 1.54) is 11.0 Å². The molecule has 0 unspecified atom stereocenters. The van der Waals surface area contributed by atoms with Crippen LogP contribution >= 0.6 is 0 Å². The summed E-state index contributed by atoms with van der Waals surface area (Å²) in [6.45, 7) is 3.73. The highest BCUT2D eigenvalue weighted by Gasteiger charge is 2.18. The van der Waals surface area contributed by atoms with E-state index in [0.717, 1.165) is 22.5 Å². The molecule has 0 aliphatic carbocycles. The van der Waals surface area contributed by atoms with Gasteiger partial charge in [-0.05, 0) is 48.5 Å². The van der Waals surface area contributed by atoms with Gasteiger partial charge in [-0.15, -0.1) is 5.10 Å². The van der Waals surface area contributed by atoms with Crippen molar-refractivity contribution in [2.24, 2.45) is 7.05 Å². The summed E-state index contributed by atoms with van der Waals surface area (Å²) >= 11 is 0. The minimum absolute atomic E-state index is 0.217. The third-order valence-electron chi connectivity index (χ3n) is 4.06. The van der Waals surface area contributed by atoms with Gasteiger partial charge in [-0.2, -0.15) is 5.10 Å². The smallest absolute Gasteiger partial charge is 0.256 e. The number of carbonyl (C=O) groups is 1. The molecule has 1 aromatic carbocycles. The maximum atomic E-state index is 12.9. The Balaban J connectivity index is 1.72. The van der Waals surface area contributed by atoms with Crippen LogP contribution in [0, 0.1) is 13.8 Å². The number of carbonyl (C=O) groups excluding carboxylic acids is 1. The van der Waals surface area contributed by atoms with Crippen molar-refractivity contribution < 1.29 is 4.79 Å². The molecule has 3 heterocycles. The number of aromatic nitrogens is 7. The maximum absolute atomic E-state index is 12.9. The van der Waals surface area contributed by atoms with Crippen molar-refractivity contribution in [3.05, 3.63) is 53.6 Å². The van der Waals surface area contributed by atoms with Gasteiger partial charge in [0, 0.05) is 18.4 Å². The minimum Gasteiger partial charge on any atom is -0.322 e. The van der Waals surface area contributed by atoms with Crippen molar-refractivity contribution in [2.75, 3.05) is 5.32 Å². The second-order valence-corrected chi connectivity index (χ2v) is 5.98. The van der Waals surface area contributed by atoms with Crippen LogP contribution in [0.25, 0.3) is 16.7 Å². The molecule has 0 saturated heterocycles. The van der Waals surface area contributed by atoms with Crippen LogP contribution in [0.1, 0.15) is 21.7 Å². The second-order valence-electron chi connectivity index (χ2n) is 5.98. The van der Waals surface area contributed by atoms with E-state index < -0.39 is 0 Å². The molecule has 130 valence electrons. The lowest BCUT2D eigenvalue weighted by Crippen LogP contribution is -2.13. The van der Waals surface area contributed by atoms with Crippen LogP contribution in [0.4, 0.5) is 5.69 Å². The number of fused-ring (bicyclic) bond motifs is 1. The number of nitrogens with one attached hydrogen (secondary N) is 1. The van der Waals surface area contributed by atoms with Gasteiger partial charge in [0.25, 0.3) is 5.91 Å². The number of amides is 1. The molecule has 0 aliphatic rings. The number of benzene rings is 1. The summed E-state index contributed by atoms with van der Waals surface area (Å²) in [7, 11) is 1.82. The van der Waals surface area contributed by atoms with Crippen molar-refractivity contribution in [1.82, 2.24) is 35.0 Å². The average molecular weight is 348 g/mol. The Labute approximate surface area is 148 Å². The summed E-state index contributed by atoms with van der Waals surface area (Å²) in [5.41, 5.74) is 4.16. The average Bonchev–Trinajstić information content (AvgIpc) is 3.24. The standard InChI is InChI=1S/C17H16N8O/c1-10-7-14(15-11(2)21-24(3)16(15)19-10)17(26)20-12-5-4-6-13(8-12)25-9-18-22-23-25/h4-9H,1-3H3,(H,20,26). The lowest BCUT2D eigenvalue weighted by molar-refractivity contribution is 0.102. The monoisotopic (exact) mass is 348 g/mol. The second kappa shape index (κ2) is 6.03. The van der Waals surface area contributed by atoms with Gasteiger partial charge in [0.1, 0.15) is 6.33 Å². The van der Waals surface area contributed by atoms with E-state index in [1.54, 1.807) is 16.8 Å². The number of pyridine rings is 1. The quantitative estimate of drug-likeness (QED) is 0.606. The largest absolute Gasteiger partial charge is 0.322 e. The van der Waals surface area contributed by atoms with E-state index in [9.17, 15) is 4.79 Å². The molecule has 4 rings (SSSR count). The fourth-order valence-electron chi connectivity index (χ4n) is 2.95. The van der Waals surface area contributed by atoms with Crippen molar-refractivity contribution in [3.8, 4) is 5.69 Å². The van der Waals surface area contributed by atoms with Crippen LogP contribution in [0.5, 0.6) is 0 Å². The zero-order valence-corrected chi connectivity index (χ0v) is 14.5. The Bertz CT molecular complexity index is 1110. The van der Waals surface area contributed by atoms with Gasteiger partial charge in [0.05, 0.1) is 22.3 Å². The predicted octanol–water partition coefficient (Wildman–Crippen LogP) is 1.81. The van der Waals surface area contributed by atoms with E-state index in [-0.39, 0.29) is 5.91 Å². The van der Waals surface area contributed by atoms with Crippen molar-refractivity contribution in [1.29, 1.82) is 0 Å². The lowest BCUT2D eigenvalue weighted by atomic mass is 10.1. The van der Waals surface area contributed by atoms with Crippen molar-refractivity contribution in [3.63, 3.8) is 0 Å². The first-order chi connectivity index (χ1) is 12.5. The van der Waals surface area contributed by atoms with Gasteiger partial charge in [-0.1, -0.05) is 6.07 Å². The summed E-state index contributed by atoms with van der Waals surface area (Å²) in [4.78, 5) is 17.4. The highest BCUT2D eigenvalue weighted by atomic mass is 16.1. The topological polar surface area (TPSA) is 103 Å². The van der Waals surface area contributed by atoms with Crippen molar-refractivity contribution in [2.45, 2.75) is 13.8 Å². The number of nitrogens with zero attached hydrogens (tertiary/aromatic N) is 7. The van der Waals surface area contributed by atoms with Gasteiger partial charge in [-0.25, -0.2) is 9.67 Å². The number of tetrazole rings is 1. The van der Waals surface area contributed by atoms with Gasteiger partial charge < -0.3 is 5.32 Å². The molecule has 0 saturated carbocycles. The summed E-state index contributed by atoms with van der Waals surface area (Å²) in [5.74, 6) is -0.217. The SMILES string of the molecule is Cc1cc(C(=O)Nc2cccc(-n3cnnn3)c2)c2c(C)nn(C)c2n1. The number of anilines is 1. The van der Waals surface area contributed by atoms with Gasteiger partial charge in [0.15, 0.2) is 5.65 Å². The summed E-state index contributed by atoms with van der Waals surface area (Å²) in [6, 6.07) is 9.07. The zero-order valence-electron chi connectivity index (χ0n) is 14.5. The van der Waals surface area contributed by atoms with Crippen LogP contribution in [-0.4, -0.2) is 40.9 Å². The fourth-order valence-corrected chi connectivity index (χ4v) is 2.95. The van der Waals surface area contributed by atoms with Gasteiger partial charge >= 0.3 is 0 Å². The Morgan fingerprint density at radius 2 is 2.04 bits per heavy atom. The Morgan fingerprint density at radius 1 is 1.19 bits per heavy atom. The molecule has 1 N–H and O–H groups in total. The number of rotatable bonds is 3. The van der Waals surface area contributed by atoms with Crippen LogP contribution in [0.15, 0.2) is 36.7 Å². The first kappa shape index (κ1) is 15.9. The van der Waals surface area contributed by atoms with Crippen LogP contribution < -0.4 is 5.32 Å². The molecular weight excluding hydrogens is 332 g/mol. The Morgan fingerprint density at radius 3 is 2.81 bits per heavy atom. The minimum atomic E-state index is -0.217. The summed E-state index contributed by atoms with van der Waals surface area (Å²) in [6.07, 6.45) is 1.50. The number of hydrogen-bond donors (Lipinski definition) is 1. The molecule has 0 bridgehead atoms. The van der Waals surface area contributed by atoms with E-state index in [4.69, 9.17) is 0 Å². The molecule has 0 atom stereocenters. The summed E-state index contributed by atoms with van der Waals surface area (Å²) < 4.78 is 3.21. The molecule has 0 radical (unpaired) electrons. The lowest BCUT2D eigenvalue weighted by Gasteiger charge is -2.09. The van der Waals surface area contributed by atoms with E-state index in [2.05, 4.69) is 30.9 Å². The van der Waals surface area contributed by atoms with Crippen LogP contribution in [-0.2, 0) is 7.05 Å². The molecule has 3 aromatic heterocycles. The van der Waals surface area contributed by atoms with E-state index in [1.807, 2.05) is 39.1 Å². The molecule has 0 fully saturated rings. The molecule has 0 spiro atoms. The first-order valence-corrected chi connectivity index (χ1v) is 7.98. The van der Waals surface area contributed by atoms with E-state index in [0.29, 0.717) is 16.9 Å². The van der Waals surface area contributed by atoms with Gasteiger partial charge in [0.2, 0.25) is 0 Å². The molecule has 9 nitrogen and oxygen atoms in total. The highest BCUT2D eigenvalue weighted by Crippen LogP contribution is 2.23. The van der Waals surface area contributed by atoms with Crippen LogP contribution in [0.2, 0.25) is 0 Å². The number of aryl methyl sites for hydroxylation is 3. The Kier molecular flexibility index (Phi) is 3.68. The third-order valence-corrected chi connectivity index (χ3v) is 4.06. The summed E-state index contributed by atoms with van der Waals surface area (Å²) in [5, 5.41) is 19.2. The van der Waals surface area contributed by atoms with Crippen molar-refractivity contribution >= 4 is 22.6 Å². The molecule has 1 amide bonds. The van der Waals surface area contributed by atoms with Gasteiger partial charge in [-0.3, -0.25) is 9.48 Å². The third kappa shape index (κ3) is 2.69. The molecule has 4 aromatic rings. The number of hydrogen-bond acceptors (Lipinski definition) is 6. The first-order valence-electron chi connectivity index (χ1n) is 7.98. The highest BCUT2D eigenvalue weighted by molar-refractivity contribution is 6.12. The fraction of sp³-hybridized carbons (Fsp3) is 0.176. The molecule has 26 heavy (non-hydrogen) atoms. The predicted molar refractivity (Wildman–Crippen MR) is 95.1 cm³/mol. The molecule has 9 heteroatoms. The molecular formula is C17H16N8O. The zero-order chi connectivity index (χ0) is 18.3. The maximum Gasteiger partial charge on any atom is 0.256 e.